The summed E-state index contributed by atoms with van der Waals surface area (Å²) in [6.45, 7) is 1.45. The van der Waals surface area contributed by atoms with Gasteiger partial charge in [0, 0.05) is 41.7 Å². The average molecular weight is 388 g/mol. The third kappa shape index (κ3) is 5.84. The molecule has 1 heterocycles. The third-order valence-electron chi connectivity index (χ3n) is 3.96. The lowest BCUT2D eigenvalue weighted by atomic mass is 10.1. The van der Waals surface area contributed by atoms with Crippen molar-refractivity contribution in [2.24, 2.45) is 0 Å². The van der Waals surface area contributed by atoms with Crippen LogP contribution >= 0.6 is 11.8 Å². The van der Waals surface area contributed by atoms with Crippen LogP contribution in [0.25, 0.3) is 11.1 Å². The molecule has 140 valence electrons. The van der Waals surface area contributed by atoms with Crippen LogP contribution in [0.5, 0.6) is 0 Å². The van der Waals surface area contributed by atoms with Crippen molar-refractivity contribution in [3.05, 3.63) is 84.2 Å². The van der Waals surface area contributed by atoms with E-state index in [9.17, 15) is 13.2 Å². The van der Waals surface area contributed by atoms with E-state index in [0.29, 0.717) is 6.54 Å². The van der Waals surface area contributed by atoms with Crippen molar-refractivity contribution in [3.63, 3.8) is 0 Å². The fourth-order valence-electron chi connectivity index (χ4n) is 2.59. The van der Waals surface area contributed by atoms with E-state index in [0.717, 1.165) is 46.0 Å². The second kappa shape index (κ2) is 9.06. The first kappa shape index (κ1) is 19.5. The van der Waals surface area contributed by atoms with Gasteiger partial charge in [-0.05, 0) is 41.5 Å². The van der Waals surface area contributed by atoms with Crippen LogP contribution in [0.15, 0.2) is 78.0 Å². The molecule has 0 fully saturated rings. The highest BCUT2D eigenvalue weighted by Crippen LogP contribution is 2.30. The van der Waals surface area contributed by atoms with Gasteiger partial charge >= 0.3 is 6.18 Å². The van der Waals surface area contributed by atoms with Gasteiger partial charge in [-0.15, -0.1) is 11.8 Å². The summed E-state index contributed by atoms with van der Waals surface area (Å²) in [5, 5.41) is 3.35. The zero-order chi connectivity index (χ0) is 19.1. The molecule has 0 amide bonds. The maximum atomic E-state index is 12.5. The van der Waals surface area contributed by atoms with E-state index in [4.69, 9.17) is 0 Å². The molecule has 0 atom stereocenters. The van der Waals surface area contributed by atoms with E-state index in [2.05, 4.69) is 28.5 Å². The molecule has 3 rings (SSSR count). The highest BCUT2D eigenvalue weighted by atomic mass is 32.2. The topological polar surface area (TPSA) is 24.9 Å². The van der Waals surface area contributed by atoms with Gasteiger partial charge in [0.15, 0.2) is 0 Å². The molecule has 0 unspecified atom stereocenters. The van der Waals surface area contributed by atoms with E-state index in [-0.39, 0.29) is 0 Å². The van der Waals surface area contributed by atoms with Crippen LogP contribution in [0.2, 0.25) is 0 Å². The molecule has 1 aromatic heterocycles. The van der Waals surface area contributed by atoms with Crippen LogP contribution in [-0.4, -0.2) is 17.3 Å². The summed E-state index contributed by atoms with van der Waals surface area (Å²) < 4.78 is 37.6. The maximum absolute atomic E-state index is 12.5. The minimum Gasteiger partial charge on any atom is -0.312 e. The fraction of sp³-hybridized carbons (Fsp3) is 0.190. The standard InChI is InChI=1S/C21H19F3N2S/c22-21(23,24)19-6-8-20(9-7-19)27-11-10-25-13-16-12-18(15-26-14-16)17-4-2-1-3-5-17/h1-9,12,14-15,25H,10-11,13H2. The lowest BCUT2D eigenvalue weighted by Crippen LogP contribution is -2.16. The second-order valence-electron chi connectivity index (χ2n) is 6.00. The molecule has 0 radical (unpaired) electrons. The molecule has 0 saturated heterocycles. The van der Waals surface area contributed by atoms with E-state index in [1.165, 1.54) is 23.9 Å². The summed E-state index contributed by atoms with van der Waals surface area (Å²) in [6, 6.07) is 17.5. The zero-order valence-electron chi connectivity index (χ0n) is 14.5. The van der Waals surface area contributed by atoms with Gasteiger partial charge in [-0.1, -0.05) is 30.3 Å². The Morgan fingerprint density at radius 3 is 2.33 bits per heavy atom. The summed E-state index contributed by atoms with van der Waals surface area (Å²) in [4.78, 5) is 5.13. The molecule has 3 aromatic rings. The third-order valence-corrected chi connectivity index (χ3v) is 4.97. The Hall–Kier alpha value is -2.31. The Labute approximate surface area is 160 Å². The Kier molecular flexibility index (Phi) is 6.53. The van der Waals surface area contributed by atoms with Gasteiger partial charge in [-0.2, -0.15) is 13.2 Å². The van der Waals surface area contributed by atoms with Crippen molar-refractivity contribution in [1.29, 1.82) is 0 Å². The SMILES string of the molecule is FC(F)(F)c1ccc(SCCNCc2cncc(-c3ccccc3)c2)cc1. The van der Waals surface area contributed by atoms with Gasteiger partial charge in [-0.3, -0.25) is 4.98 Å². The Bertz CT molecular complexity index is 849. The second-order valence-corrected chi connectivity index (χ2v) is 7.16. The summed E-state index contributed by atoms with van der Waals surface area (Å²) in [5.74, 6) is 0.775. The van der Waals surface area contributed by atoms with Crippen molar-refractivity contribution >= 4 is 11.8 Å². The van der Waals surface area contributed by atoms with Gasteiger partial charge in [0.05, 0.1) is 5.56 Å². The van der Waals surface area contributed by atoms with Crippen LogP contribution in [0.3, 0.4) is 0 Å². The van der Waals surface area contributed by atoms with Crippen molar-refractivity contribution in [1.82, 2.24) is 10.3 Å². The molecular formula is C21H19F3N2S. The number of pyridine rings is 1. The highest BCUT2D eigenvalue weighted by Gasteiger charge is 2.29. The molecule has 0 aliphatic rings. The normalized spacial score (nSPS) is 11.5. The summed E-state index contributed by atoms with van der Waals surface area (Å²) in [6.07, 6.45) is -0.602. The van der Waals surface area contributed by atoms with Crippen molar-refractivity contribution in [3.8, 4) is 11.1 Å². The molecule has 2 nitrogen and oxygen atoms in total. The number of nitrogens with one attached hydrogen (secondary N) is 1. The quantitative estimate of drug-likeness (QED) is 0.418. The molecule has 0 aliphatic heterocycles. The minimum atomic E-state index is -4.28. The minimum absolute atomic E-state index is 0.615. The number of nitrogens with zero attached hydrogens (tertiary/aromatic N) is 1. The lowest BCUT2D eigenvalue weighted by Gasteiger charge is -2.08. The first-order valence-corrected chi connectivity index (χ1v) is 9.51. The van der Waals surface area contributed by atoms with Crippen LogP contribution in [-0.2, 0) is 12.7 Å². The van der Waals surface area contributed by atoms with Crippen LogP contribution < -0.4 is 5.32 Å². The van der Waals surface area contributed by atoms with Gasteiger partial charge < -0.3 is 5.32 Å². The molecule has 0 aliphatic carbocycles. The molecule has 2 aromatic carbocycles. The number of aromatic nitrogens is 1. The van der Waals surface area contributed by atoms with Crippen LogP contribution in [0.1, 0.15) is 11.1 Å². The highest BCUT2D eigenvalue weighted by molar-refractivity contribution is 7.99. The number of thioether (sulfide) groups is 1. The molecule has 27 heavy (non-hydrogen) atoms. The van der Waals surface area contributed by atoms with Crippen molar-refractivity contribution < 1.29 is 13.2 Å². The smallest absolute Gasteiger partial charge is 0.312 e. The number of rotatable bonds is 7. The molecular weight excluding hydrogens is 369 g/mol. The maximum Gasteiger partial charge on any atom is 0.416 e. The van der Waals surface area contributed by atoms with Gasteiger partial charge in [-0.25, -0.2) is 0 Å². The number of alkyl halides is 3. The Morgan fingerprint density at radius 2 is 1.63 bits per heavy atom. The van der Waals surface area contributed by atoms with Gasteiger partial charge in [0.2, 0.25) is 0 Å². The van der Waals surface area contributed by atoms with Crippen LogP contribution in [0, 0.1) is 0 Å². The van der Waals surface area contributed by atoms with E-state index >= 15 is 0 Å². The number of halogens is 3. The summed E-state index contributed by atoms with van der Waals surface area (Å²) >= 11 is 1.53. The number of hydrogen-bond acceptors (Lipinski definition) is 3. The van der Waals surface area contributed by atoms with Crippen molar-refractivity contribution in [2.75, 3.05) is 12.3 Å². The van der Waals surface area contributed by atoms with Gasteiger partial charge in [0.1, 0.15) is 0 Å². The molecule has 0 spiro atoms. The summed E-state index contributed by atoms with van der Waals surface area (Å²) in [7, 11) is 0. The first-order chi connectivity index (χ1) is 13.0. The largest absolute Gasteiger partial charge is 0.416 e. The van der Waals surface area contributed by atoms with E-state index in [1.54, 1.807) is 0 Å². The molecule has 0 saturated carbocycles. The average Bonchev–Trinajstić information content (AvgIpc) is 2.68. The molecule has 0 bridgehead atoms. The summed E-state index contributed by atoms with van der Waals surface area (Å²) in [5.41, 5.74) is 2.69. The predicted molar refractivity (Wildman–Crippen MR) is 104 cm³/mol. The monoisotopic (exact) mass is 388 g/mol. The van der Waals surface area contributed by atoms with E-state index in [1.807, 2.05) is 30.6 Å². The predicted octanol–water partition coefficient (Wildman–Crippen LogP) is 5.65. The van der Waals surface area contributed by atoms with Crippen molar-refractivity contribution in [2.45, 2.75) is 17.6 Å². The Balaban J connectivity index is 1.44. The first-order valence-electron chi connectivity index (χ1n) is 8.52. The Morgan fingerprint density at radius 1 is 0.889 bits per heavy atom. The number of hydrogen-bond donors (Lipinski definition) is 1. The zero-order valence-corrected chi connectivity index (χ0v) is 15.4. The molecule has 6 heteroatoms. The lowest BCUT2D eigenvalue weighted by molar-refractivity contribution is -0.137. The van der Waals surface area contributed by atoms with Crippen LogP contribution in [0.4, 0.5) is 13.2 Å². The van der Waals surface area contributed by atoms with Gasteiger partial charge in [0.25, 0.3) is 0 Å². The molecule has 1 N–H and O–H groups in total. The van der Waals surface area contributed by atoms with E-state index < -0.39 is 11.7 Å². The fourth-order valence-corrected chi connectivity index (χ4v) is 3.40. The number of benzene rings is 2.